The quantitative estimate of drug-likeness (QED) is 0.782. The molecule has 0 bridgehead atoms. The molecule has 8 heteroatoms. The third-order valence-electron chi connectivity index (χ3n) is 2.70. The van der Waals surface area contributed by atoms with Gasteiger partial charge < -0.3 is 5.32 Å². The fourth-order valence-electron chi connectivity index (χ4n) is 1.60. The van der Waals surface area contributed by atoms with Crippen molar-refractivity contribution in [3.8, 4) is 6.07 Å². The van der Waals surface area contributed by atoms with Crippen LogP contribution in [0.25, 0.3) is 0 Å². The molecule has 0 aliphatic carbocycles. The van der Waals surface area contributed by atoms with Crippen LogP contribution in [0.1, 0.15) is 18.4 Å². The fraction of sp³-hybridized carbons (Fsp3) is 0.462. The highest BCUT2D eigenvalue weighted by atomic mass is 32.2. The second-order valence-corrected chi connectivity index (χ2v) is 6.53. The zero-order chi connectivity index (χ0) is 15.9. The molecule has 1 rings (SSSR count). The van der Waals surface area contributed by atoms with E-state index in [1.165, 1.54) is 24.3 Å². The predicted molar refractivity (Wildman–Crippen MR) is 71.4 cm³/mol. The topological polar surface area (TPSA) is 70.0 Å². The highest BCUT2D eigenvalue weighted by Gasteiger charge is 2.25. The van der Waals surface area contributed by atoms with E-state index in [4.69, 9.17) is 5.26 Å². The Morgan fingerprint density at radius 2 is 1.76 bits per heavy atom. The lowest BCUT2D eigenvalue weighted by atomic mass is 10.2. The molecule has 0 atom stereocenters. The number of rotatable bonds is 7. The van der Waals surface area contributed by atoms with Gasteiger partial charge in [-0.1, -0.05) is 0 Å². The Labute approximate surface area is 121 Å². The van der Waals surface area contributed by atoms with E-state index in [-0.39, 0.29) is 30.2 Å². The lowest BCUT2D eigenvalue weighted by Gasteiger charge is -2.08. The number of nitrogens with zero attached hydrogens (tertiary/aromatic N) is 1. The molecule has 0 aliphatic heterocycles. The van der Waals surface area contributed by atoms with E-state index in [9.17, 15) is 21.6 Å². The van der Waals surface area contributed by atoms with Crippen LogP contribution < -0.4 is 5.32 Å². The lowest BCUT2D eigenvalue weighted by molar-refractivity contribution is -0.135. The maximum Gasteiger partial charge on any atom is 0.389 e. The minimum absolute atomic E-state index is 0.0829. The van der Waals surface area contributed by atoms with Gasteiger partial charge in [0.2, 0.25) is 0 Å². The Kier molecular flexibility index (Phi) is 6.18. The van der Waals surface area contributed by atoms with Crippen LogP contribution >= 0.6 is 0 Å². The fourth-order valence-corrected chi connectivity index (χ4v) is 2.80. The summed E-state index contributed by atoms with van der Waals surface area (Å²) in [5.41, 5.74) is 0.360. The number of nitrogens with one attached hydrogen (secondary N) is 1. The first-order chi connectivity index (χ1) is 9.74. The summed E-state index contributed by atoms with van der Waals surface area (Å²) in [6, 6.07) is 7.39. The molecule has 0 saturated heterocycles. The molecule has 0 saturated carbocycles. The average molecular weight is 320 g/mol. The highest BCUT2D eigenvalue weighted by Crippen LogP contribution is 2.20. The van der Waals surface area contributed by atoms with Crippen molar-refractivity contribution in [2.75, 3.05) is 18.8 Å². The normalized spacial score (nSPS) is 12.1. The maximum absolute atomic E-state index is 11.9. The first-order valence-electron chi connectivity index (χ1n) is 6.25. The van der Waals surface area contributed by atoms with Crippen molar-refractivity contribution in [1.29, 1.82) is 5.26 Å². The Balaban J connectivity index is 2.38. The molecular formula is C13H15F3N2O2S. The van der Waals surface area contributed by atoms with E-state index < -0.39 is 22.4 Å². The van der Waals surface area contributed by atoms with E-state index in [0.717, 1.165) is 0 Å². The molecule has 0 radical (unpaired) electrons. The third kappa shape index (κ3) is 6.60. The summed E-state index contributed by atoms with van der Waals surface area (Å²) in [6.07, 6.45) is -5.15. The van der Waals surface area contributed by atoms with Gasteiger partial charge >= 0.3 is 6.18 Å². The number of hydrogen-bond acceptors (Lipinski definition) is 4. The Bertz CT molecular complexity index is 589. The van der Waals surface area contributed by atoms with Gasteiger partial charge in [-0.25, -0.2) is 8.42 Å². The van der Waals surface area contributed by atoms with Crippen LogP contribution in [0.5, 0.6) is 0 Å². The van der Waals surface area contributed by atoms with E-state index >= 15 is 0 Å². The summed E-state index contributed by atoms with van der Waals surface area (Å²) in [5, 5.41) is 11.3. The number of sulfone groups is 1. The summed E-state index contributed by atoms with van der Waals surface area (Å²) in [4.78, 5) is 0.0959. The van der Waals surface area contributed by atoms with E-state index in [0.29, 0.717) is 5.56 Å². The van der Waals surface area contributed by atoms with Crippen molar-refractivity contribution in [2.24, 2.45) is 0 Å². The van der Waals surface area contributed by atoms with Gasteiger partial charge in [0.1, 0.15) is 0 Å². The molecule has 4 nitrogen and oxygen atoms in total. The first-order valence-corrected chi connectivity index (χ1v) is 7.90. The smallest absolute Gasteiger partial charge is 0.316 e. The van der Waals surface area contributed by atoms with Gasteiger partial charge in [-0.2, -0.15) is 18.4 Å². The highest BCUT2D eigenvalue weighted by molar-refractivity contribution is 7.91. The second-order valence-electron chi connectivity index (χ2n) is 4.42. The van der Waals surface area contributed by atoms with E-state index in [1.807, 2.05) is 6.07 Å². The number of nitriles is 1. The number of halogens is 3. The molecule has 1 N–H and O–H groups in total. The van der Waals surface area contributed by atoms with Crippen molar-refractivity contribution in [3.63, 3.8) is 0 Å². The Morgan fingerprint density at radius 1 is 1.14 bits per heavy atom. The minimum atomic E-state index is -4.18. The van der Waals surface area contributed by atoms with Crippen LogP contribution in [-0.2, 0) is 9.84 Å². The minimum Gasteiger partial charge on any atom is -0.316 e. The molecular weight excluding hydrogens is 305 g/mol. The van der Waals surface area contributed by atoms with Crippen LogP contribution in [0.4, 0.5) is 13.2 Å². The van der Waals surface area contributed by atoms with Crippen molar-refractivity contribution in [1.82, 2.24) is 5.32 Å². The van der Waals surface area contributed by atoms with Crippen LogP contribution in [0, 0.1) is 11.3 Å². The Hall–Kier alpha value is -1.59. The molecule has 1 aromatic rings. The van der Waals surface area contributed by atoms with Crippen molar-refractivity contribution >= 4 is 9.84 Å². The molecule has 1 aromatic carbocycles. The van der Waals surface area contributed by atoms with Gasteiger partial charge in [-0.3, -0.25) is 0 Å². The van der Waals surface area contributed by atoms with Crippen LogP contribution in [0.15, 0.2) is 29.2 Å². The van der Waals surface area contributed by atoms with Gasteiger partial charge in [0.15, 0.2) is 9.84 Å². The predicted octanol–water partition coefficient (Wildman–Crippen LogP) is 2.26. The third-order valence-corrected chi connectivity index (χ3v) is 4.44. The number of hydrogen-bond donors (Lipinski definition) is 1. The van der Waals surface area contributed by atoms with Crippen LogP contribution in [0.3, 0.4) is 0 Å². The molecule has 21 heavy (non-hydrogen) atoms. The molecule has 0 heterocycles. The largest absolute Gasteiger partial charge is 0.389 e. The monoisotopic (exact) mass is 320 g/mol. The van der Waals surface area contributed by atoms with Crippen molar-refractivity contribution < 1.29 is 21.6 Å². The average Bonchev–Trinajstić information content (AvgIpc) is 2.41. The SMILES string of the molecule is N#Cc1ccc(S(=O)(=O)CCNCCCC(F)(F)F)cc1. The molecule has 0 spiro atoms. The van der Waals surface area contributed by atoms with Crippen molar-refractivity contribution in [2.45, 2.75) is 23.9 Å². The summed E-state index contributed by atoms with van der Waals surface area (Å²) < 4.78 is 59.5. The summed E-state index contributed by atoms with van der Waals surface area (Å²) in [7, 11) is -3.49. The number of benzene rings is 1. The van der Waals surface area contributed by atoms with Gasteiger partial charge in [0, 0.05) is 13.0 Å². The molecule has 0 fully saturated rings. The second kappa shape index (κ2) is 7.43. The van der Waals surface area contributed by atoms with Gasteiger partial charge in [0.25, 0.3) is 0 Å². The zero-order valence-corrected chi connectivity index (χ0v) is 12.0. The van der Waals surface area contributed by atoms with Crippen molar-refractivity contribution in [3.05, 3.63) is 29.8 Å². The summed E-state index contributed by atoms with van der Waals surface area (Å²) >= 11 is 0. The standard InChI is InChI=1S/C13H15F3N2O2S/c14-13(15,16)6-1-7-18-8-9-21(19,20)12-4-2-11(10-17)3-5-12/h2-5,18H,1,6-9H2. The molecule has 116 valence electrons. The summed E-state index contributed by atoms with van der Waals surface area (Å²) in [6.45, 7) is 0.197. The number of alkyl halides is 3. The molecule has 0 aliphatic rings. The summed E-state index contributed by atoms with van der Waals surface area (Å²) in [5.74, 6) is -0.203. The molecule has 0 aromatic heterocycles. The van der Waals surface area contributed by atoms with Gasteiger partial charge in [-0.05, 0) is 37.2 Å². The Morgan fingerprint density at radius 3 is 2.29 bits per heavy atom. The van der Waals surface area contributed by atoms with Crippen LogP contribution in [0.2, 0.25) is 0 Å². The van der Waals surface area contributed by atoms with E-state index in [1.54, 1.807) is 0 Å². The van der Waals surface area contributed by atoms with Gasteiger partial charge in [0.05, 0.1) is 22.3 Å². The zero-order valence-electron chi connectivity index (χ0n) is 11.2. The molecule has 0 unspecified atom stereocenters. The van der Waals surface area contributed by atoms with E-state index in [2.05, 4.69) is 5.32 Å². The molecule has 0 amide bonds. The lowest BCUT2D eigenvalue weighted by Crippen LogP contribution is -2.25. The first kappa shape index (κ1) is 17.5. The maximum atomic E-state index is 11.9. The van der Waals surface area contributed by atoms with Crippen LogP contribution in [-0.4, -0.2) is 33.4 Å². The van der Waals surface area contributed by atoms with Gasteiger partial charge in [-0.15, -0.1) is 0 Å².